The molecule has 0 heterocycles. The van der Waals surface area contributed by atoms with Gasteiger partial charge in [-0.05, 0) is 0 Å². The lowest BCUT2D eigenvalue weighted by Gasteiger charge is -2.08. The van der Waals surface area contributed by atoms with Gasteiger partial charge < -0.3 is 29.2 Å². The minimum absolute atomic E-state index is 0.0146. The van der Waals surface area contributed by atoms with Gasteiger partial charge in [-0.3, -0.25) is 0 Å². The Morgan fingerprint density at radius 2 is 1.71 bits per heavy atom. The summed E-state index contributed by atoms with van der Waals surface area (Å²) in [5.41, 5.74) is 0. The maximum atomic E-state index is 8.83. The van der Waals surface area contributed by atoms with E-state index in [-0.39, 0.29) is 13.2 Å². The summed E-state index contributed by atoms with van der Waals surface area (Å²) in [7, 11) is 1.40. The average molecular weight is 250 g/mol. The van der Waals surface area contributed by atoms with Crippen LogP contribution in [0.5, 0.6) is 0 Å². The molecule has 0 aliphatic heterocycles. The second kappa shape index (κ2) is 17.5. The van der Waals surface area contributed by atoms with Crippen molar-refractivity contribution in [1.82, 2.24) is 0 Å². The molecular formula is C11H22O6. The molecule has 0 rings (SSSR count). The molecule has 17 heavy (non-hydrogen) atoms. The zero-order valence-corrected chi connectivity index (χ0v) is 10.2. The van der Waals surface area contributed by atoms with Crippen molar-refractivity contribution in [3.05, 3.63) is 25.7 Å². The van der Waals surface area contributed by atoms with E-state index < -0.39 is 6.29 Å². The van der Waals surface area contributed by atoms with Crippen LogP contribution in [0, 0.1) is 0 Å². The van der Waals surface area contributed by atoms with Crippen molar-refractivity contribution in [2.45, 2.75) is 6.29 Å². The lowest BCUT2D eigenvalue weighted by molar-refractivity contribution is -0.123. The smallest absolute Gasteiger partial charge is 0.177 e. The molecule has 0 saturated heterocycles. The molecule has 0 aliphatic carbocycles. The summed E-state index contributed by atoms with van der Waals surface area (Å²) in [6.45, 7) is 7.79. The molecule has 0 bridgehead atoms. The minimum Gasteiger partial charge on any atom is -0.474 e. The topological polar surface area (TPSA) is 77.4 Å². The third-order valence-corrected chi connectivity index (χ3v) is 1.33. The highest BCUT2D eigenvalue weighted by Crippen LogP contribution is 1.85. The van der Waals surface area contributed by atoms with Crippen LogP contribution in [0.25, 0.3) is 0 Å². The first-order chi connectivity index (χ1) is 8.22. The number of methoxy groups -OCH3 is 1. The van der Waals surface area contributed by atoms with E-state index in [1.165, 1.54) is 19.6 Å². The predicted octanol–water partition coefficient (Wildman–Crippen LogP) is 0.267. The van der Waals surface area contributed by atoms with Crippen molar-refractivity contribution in [2.75, 3.05) is 40.1 Å². The molecule has 0 aromatic heterocycles. The van der Waals surface area contributed by atoms with Crippen molar-refractivity contribution in [3.63, 3.8) is 0 Å². The highest BCUT2D eigenvalue weighted by atomic mass is 16.6. The largest absolute Gasteiger partial charge is 0.474 e. The molecule has 102 valence electrons. The number of aliphatic hydroxyl groups excluding tert-OH is 2. The summed E-state index contributed by atoms with van der Waals surface area (Å²) in [6.07, 6.45) is 1.75. The van der Waals surface area contributed by atoms with E-state index in [1.807, 2.05) is 0 Å². The number of aliphatic hydroxyl groups is 2. The normalized spacial score (nSPS) is 11.0. The molecular weight excluding hydrogens is 228 g/mol. The first-order valence-electron chi connectivity index (χ1n) is 5.07. The zero-order chi connectivity index (χ0) is 13.4. The fraction of sp³-hybridized carbons (Fsp3) is 0.636. The molecule has 0 aromatic rings. The Hall–Kier alpha value is -0.920. The standard InChI is InChI=1S/C7H16O5.C4H6O/c1-10-7(9)6-12-5-4-11-3-2-8;1-3-5-4-2/h7-9H,2-6H2,1H3;3-4H,1-2H2. The fourth-order valence-corrected chi connectivity index (χ4v) is 0.605. The van der Waals surface area contributed by atoms with Crippen LogP contribution in [-0.4, -0.2) is 56.6 Å². The van der Waals surface area contributed by atoms with Crippen molar-refractivity contribution >= 4 is 0 Å². The highest BCUT2D eigenvalue weighted by Gasteiger charge is 1.99. The van der Waals surface area contributed by atoms with E-state index in [1.54, 1.807) is 0 Å². The van der Waals surface area contributed by atoms with Gasteiger partial charge in [-0.1, -0.05) is 13.2 Å². The van der Waals surface area contributed by atoms with E-state index in [0.717, 1.165) is 0 Å². The van der Waals surface area contributed by atoms with Gasteiger partial charge in [0.1, 0.15) is 0 Å². The van der Waals surface area contributed by atoms with Crippen LogP contribution in [-0.2, 0) is 18.9 Å². The van der Waals surface area contributed by atoms with Crippen LogP contribution in [0.3, 0.4) is 0 Å². The van der Waals surface area contributed by atoms with Crippen molar-refractivity contribution < 1.29 is 29.2 Å². The van der Waals surface area contributed by atoms with Gasteiger partial charge in [-0.15, -0.1) is 0 Å². The van der Waals surface area contributed by atoms with E-state index in [9.17, 15) is 0 Å². The predicted molar refractivity (Wildman–Crippen MR) is 63.2 cm³/mol. The molecule has 1 unspecified atom stereocenters. The third-order valence-electron chi connectivity index (χ3n) is 1.33. The van der Waals surface area contributed by atoms with Gasteiger partial charge in [0.2, 0.25) is 0 Å². The van der Waals surface area contributed by atoms with Crippen LogP contribution in [0.2, 0.25) is 0 Å². The van der Waals surface area contributed by atoms with Crippen molar-refractivity contribution in [3.8, 4) is 0 Å². The Morgan fingerprint density at radius 1 is 1.12 bits per heavy atom. The molecule has 0 aliphatic rings. The van der Waals surface area contributed by atoms with Gasteiger partial charge in [-0.2, -0.15) is 0 Å². The molecule has 0 radical (unpaired) electrons. The molecule has 0 aromatic carbocycles. The summed E-state index contributed by atoms with van der Waals surface area (Å²) >= 11 is 0. The molecule has 0 fully saturated rings. The lowest BCUT2D eigenvalue weighted by atomic mass is 10.6. The SMILES string of the molecule is C=COC=C.COC(O)COCCOCCO. The Balaban J connectivity index is 0. The Bertz CT molecular complexity index is 156. The van der Waals surface area contributed by atoms with Crippen LogP contribution in [0.1, 0.15) is 0 Å². The van der Waals surface area contributed by atoms with E-state index in [0.29, 0.717) is 19.8 Å². The fourth-order valence-electron chi connectivity index (χ4n) is 0.605. The summed E-state index contributed by atoms with van der Waals surface area (Å²) < 4.78 is 18.7. The highest BCUT2D eigenvalue weighted by molar-refractivity contribution is 4.57. The summed E-state index contributed by atoms with van der Waals surface area (Å²) in [4.78, 5) is 0. The van der Waals surface area contributed by atoms with E-state index >= 15 is 0 Å². The number of hydrogen-bond acceptors (Lipinski definition) is 6. The average Bonchev–Trinajstić information content (AvgIpc) is 2.35. The van der Waals surface area contributed by atoms with Gasteiger partial charge in [-0.25, -0.2) is 0 Å². The molecule has 6 nitrogen and oxygen atoms in total. The van der Waals surface area contributed by atoms with Gasteiger partial charge >= 0.3 is 0 Å². The number of rotatable bonds is 10. The first-order valence-corrected chi connectivity index (χ1v) is 5.07. The van der Waals surface area contributed by atoms with Gasteiger partial charge in [0, 0.05) is 7.11 Å². The molecule has 6 heteroatoms. The Labute approximate surface area is 102 Å². The second-order valence-corrected chi connectivity index (χ2v) is 2.57. The van der Waals surface area contributed by atoms with Gasteiger partial charge in [0.15, 0.2) is 6.29 Å². The molecule has 0 amide bonds. The second-order valence-electron chi connectivity index (χ2n) is 2.57. The Morgan fingerprint density at radius 3 is 2.12 bits per heavy atom. The lowest BCUT2D eigenvalue weighted by Crippen LogP contribution is -2.19. The minimum atomic E-state index is -0.872. The maximum absolute atomic E-state index is 8.83. The summed E-state index contributed by atoms with van der Waals surface area (Å²) in [5.74, 6) is 0. The summed E-state index contributed by atoms with van der Waals surface area (Å²) in [5, 5.41) is 17.2. The number of ether oxygens (including phenoxy) is 4. The van der Waals surface area contributed by atoms with Crippen LogP contribution in [0.15, 0.2) is 25.7 Å². The maximum Gasteiger partial charge on any atom is 0.177 e. The monoisotopic (exact) mass is 250 g/mol. The van der Waals surface area contributed by atoms with Gasteiger partial charge in [0.25, 0.3) is 0 Å². The Kier molecular flexibility index (Phi) is 19.0. The summed E-state index contributed by atoms with van der Waals surface area (Å²) in [6, 6.07) is 0. The van der Waals surface area contributed by atoms with Crippen LogP contribution < -0.4 is 0 Å². The zero-order valence-electron chi connectivity index (χ0n) is 10.2. The number of hydrogen-bond donors (Lipinski definition) is 2. The van der Waals surface area contributed by atoms with Crippen molar-refractivity contribution in [1.29, 1.82) is 0 Å². The third kappa shape index (κ3) is 21.0. The van der Waals surface area contributed by atoms with Crippen LogP contribution in [0.4, 0.5) is 0 Å². The molecule has 2 N–H and O–H groups in total. The molecule has 1 atom stereocenters. The molecule has 0 spiro atoms. The van der Waals surface area contributed by atoms with Crippen LogP contribution >= 0.6 is 0 Å². The van der Waals surface area contributed by atoms with Gasteiger partial charge in [0.05, 0.1) is 45.6 Å². The van der Waals surface area contributed by atoms with Crippen molar-refractivity contribution in [2.24, 2.45) is 0 Å². The quantitative estimate of drug-likeness (QED) is 0.329. The first kappa shape index (κ1) is 18.4. The van der Waals surface area contributed by atoms with E-state index in [2.05, 4.69) is 22.6 Å². The van der Waals surface area contributed by atoms with E-state index in [4.69, 9.17) is 19.7 Å². The molecule has 0 saturated carbocycles.